The molecular weight excluding hydrogens is 248 g/mol. The van der Waals surface area contributed by atoms with Gasteiger partial charge in [0.25, 0.3) is 5.91 Å². The Balaban J connectivity index is 2.24. The Hall–Kier alpha value is -2.37. The maximum atomic E-state index is 12.2. The fourth-order valence-corrected chi connectivity index (χ4v) is 1.92. The van der Waals surface area contributed by atoms with Crippen molar-refractivity contribution in [2.75, 3.05) is 20.2 Å². The predicted molar refractivity (Wildman–Crippen MR) is 66.8 cm³/mol. The number of ether oxygens (including phenoxy) is 1. The van der Waals surface area contributed by atoms with Gasteiger partial charge in [-0.1, -0.05) is 6.07 Å². The predicted octanol–water partition coefficient (Wildman–Crippen LogP) is 0.102. The maximum Gasteiger partial charge on any atom is 0.254 e. The summed E-state index contributed by atoms with van der Waals surface area (Å²) in [6, 6.07) is 5.02. The van der Waals surface area contributed by atoms with Crippen LogP contribution in [0.25, 0.3) is 0 Å². The molecule has 0 aliphatic carbocycles. The molecule has 0 saturated carbocycles. The van der Waals surface area contributed by atoms with Gasteiger partial charge in [0.05, 0.1) is 7.11 Å². The number of methoxy groups -OCH3 is 1. The third kappa shape index (κ3) is 2.73. The van der Waals surface area contributed by atoms with Gasteiger partial charge in [-0.25, -0.2) is 0 Å². The fraction of sp³-hybridized carbons (Fsp3) is 0.308. The summed E-state index contributed by atoms with van der Waals surface area (Å²) in [5, 5.41) is 2.15. The van der Waals surface area contributed by atoms with Gasteiger partial charge in [-0.2, -0.15) is 0 Å². The first-order valence-electron chi connectivity index (χ1n) is 5.78. The molecule has 19 heavy (non-hydrogen) atoms. The maximum absolute atomic E-state index is 12.2. The first-order chi connectivity index (χ1) is 9.01. The lowest BCUT2D eigenvalue weighted by molar-refractivity contribution is -0.135. The van der Waals surface area contributed by atoms with Gasteiger partial charge < -0.3 is 9.64 Å². The number of carbonyl (C=O) groups excluding carboxylic acids is 3. The molecule has 6 heteroatoms. The number of carbonyl (C=O) groups is 3. The summed E-state index contributed by atoms with van der Waals surface area (Å²) in [6.07, 6.45) is 0. The SMILES string of the molecule is COc1cc(C(=O)N2CC(=O)NC(=O)C2)ccc1C. The van der Waals surface area contributed by atoms with Gasteiger partial charge in [0.1, 0.15) is 18.8 Å². The zero-order valence-corrected chi connectivity index (χ0v) is 10.7. The number of nitrogens with one attached hydrogen (secondary N) is 1. The van der Waals surface area contributed by atoms with E-state index in [9.17, 15) is 14.4 Å². The van der Waals surface area contributed by atoms with E-state index in [1.807, 2.05) is 6.92 Å². The third-order valence-corrected chi connectivity index (χ3v) is 2.89. The number of rotatable bonds is 2. The number of piperazine rings is 1. The molecule has 0 radical (unpaired) electrons. The summed E-state index contributed by atoms with van der Waals surface area (Å²) < 4.78 is 5.15. The van der Waals surface area contributed by atoms with Crippen LogP contribution in [0, 0.1) is 6.92 Å². The van der Waals surface area contributed by atoms with E-state index < -0.39 is 11.8 Å². The number of hydrogen-bond donors (Lipinski definition) is 1. The number of nitrogens with zero attached hydrogens (tertiary/aromatic N) is 1. The van der Waals surface area contributed by atoms with Crippen LogP contribution >= 0.6 is 0 Å². The molecular formula is C13H14N2O4. The van der Waals surface area contributed by atoms with Crippen molar-refractivity contribution in [1.29, 1.82) is 0 Å². The Morgan fingerprint density at radius 3 is 2.47 bits per heavy atom. The van der Waals surface area contributed by atoms with Gasteiger partial charge in [0.15, 0.2) is 0 Å². The van der Waals surface area contributed by atoms with Crippen LogP contribution in [-0.4, -0.2) is 42.8 Å². The second-order valence-corrected chi connectivity index (χ2v) is 4.32. The molecule has 6 nitrogen and oxygen atoms in total. The van der Waals surface area contributed by atoms with E-state index in [4.69, 9.17) is 4.74 Å². The van der Waals surface area contributed by atoms with Crippen LogP contribution in [0.1, 0.15) is 15.9 Å². The molecule has 1 aliphatic rings. The second-order valence-electron chi connectivity index (χ2n) is 4.32. The number of hydrogen-bond acceptors (Lipinski definition) is 4. The van der Waals surface area contributed by atoms with Gasteiger partial charge in [0.2, 0.25) is 11.8 Å². The van der Waals surface area contributed by atoms with E-state index in [1.165, 1.54) is 12.0 Å². The lowest BCUT2D eigenvalue weighted by Gasteiger charge is -2.25. The Labute approximate surface area is 110 Å². The monoisotopic (exact) mass is 262 g/mol. The highest BCUT2D eigenvalue weighted by Gasteiger charge is 2.27. The molecule has 1 N–H and O–H groups in total. The molecule has 1 saturated heterocycles. The molecule has 0 bridgehead atoms. The third-order valence-electron chi connectivity index (χ3n) is 2.89. The average molecular weight is 262 g/mol. The zero-order chi connectivity index (χ0) is 14.0. The number of benzene rings is 1. The smallest absolute Gasteiger partial charge is 0.254 e. The minimum Gasteiger partial charge on any atom is -0.496 e. The molecule has 0 atom stereocenters. The number of imide groups is 1. The first-order valence-corrected chi connectivity index (χ1v) is 5.78. The lowest BCUT2D eigenvalue weighted by atomic mass is 10.1. The zero-order valence-electron chi connectivity index (χ0n) is 10.7. The minimum absolute atomic E-state index is 0.110. The van der Waals surface area contributed by atoms with Crippen molar-refractivity contribution >= 4 is 17.7 Å². The number of amides is 3. The topological polar surface area (TPSA) is 75.7 Å². The Bertz CT molecular complexity index is 538. The van der Waals surface area contributed by atoms with Crippen LogP contribution in [-0.2, 0) is 9.59 Å². The molecule has 1 aromatic rings. The van der Waals surface area contributed by atoms with E-state index >= 15 is 0 Å². The van der Waals surface area contributed by atoms with Crippen LogP contribution < -0.4 is 10.1 Å². The van der Waals surface area contributed by atoms with Crippen molar-refractivity contribution in [3.63, 3.8) is 0 Å². The molecule has 0 unspecified atom stereocenters. The second kappa shape index (κ2) is 5.09. The van der Waals surface area contributed by atoms with Crippen LogP contribution in [0.15, 0.2) is 18.2 Å². The Morgan fingerprint density at radius 1 is 1.26 bits per heavy atom. The van der Waals surface area contributed by atoms with E-state index in [1.54, 1.807) is 18.2 Å². The standard InChI is InChI=1S/C13H14N2O4/c1-8-3-4-9(5-10(8)19-2)13(18)15-6-11(16)14-12(17)7-15/h3-5H,6-7H2,1-2H3,(H,14,16,17). The first kappa shape index (κ1) is 13.1. The highest BCUT2D eigenvalue weighted by Crippen LogP contribution is 2.20. The summed E-state index contributed by atoms with van der Waals surface area (Å²) in [5.74, 6) is -0.701. The highest BCUT2D eigenvalue weighted by atomic mass is 16.5. The van der Waals surface area contributed by atoms with Crippen LogP contribution in [0.4, 0.5) is 0 Å². The molecule has 1 heterocycles. The molecule has 1 aromatic carbocycles. The Morgan fingerprint density at radius 2 is 1.89 bits per heavy atom. The van der Waals surface area contributed by atoms with Gasteiger partial charge in [0, 0.05) is 5.56 Å². The summed E-state index contributed by atoms with van der Waals surface area (Å²) in [7, 11) is 1.52. The van der Waals surface area contributed by atoms with E-state index in [0.29, 0.717) is 11.3 Å². The lowest BCUT2D eigenvalue weighted by Crippen LogP contribution is -2.53. The summed E-state index contributed by atoms with van der Waals surface area (Å²) in [6.45, 7) is 1.65. The summed E-state index contributed by atoms with van der Waals surface area (Å²) >= 11 is 0. The molecule has 3 amide bonds. The fourth-order valence-electron chi connectivity index (χ4n) is 1.92. The minimum atomic E-state index is -0.469. The molecule has 1 aliphatic heterocycles. The highest BCUT2D eigenvalue weighted by molar-refractivity contribution is 6.05. The van der Waals surface area contributed by atoms with Crippen molar-refractivity contribution in [2.45, 2.75) is 6.92 Å². The average Bonchev–Trinajstić information content (AvgIpc) is 2.37. The van der Waals surface area contributed by atoms with E-state index in [0.717, 1.165) is 5.56 Å². The van der Waals surface area contributed by atoms with Crippen LogP contribution in [0.5, 0.6) is 5.75 Å². The van der Waals surface area contributed by atoms with Gasteiger partial charge in [-0.15, -0.1) is 0 Å². The van der Waals surface area contributed by atoms with E-state index in [-0.39, 0.29) is 19.0 Å². The van der Waals surface area contributed by atoms with Crippen molar-refractivity contribution < 1.29 is 19.1 Å². The van der Waals surface area contributed by atoms with Gasteiger partial charge in [-0.3, -0.25) is 19.7 Å². The number of aryl methyl sites for hydroxylation is 1. The Kier molecular flexibility index (Phi) is 3.50. The molecule has 100 valence electrons. The van der Waals surface area contributed by atoms with Crippen molar-refractivity contribution in [1.82, 2.24) is 10.2 Å². The van der Waals surface area contributed by atoms with Crippen molar-refractivity contribution in [3.05, 3.63) is 29.3 Å². The van der Waals surface area contributed by atoms with Crippen LogP contribution in [0.2, 0.25) is 0 Å². The normalized spacial score (nSPS) is 15.2. The quantitative estimate of drug-likeness (QED) is 0.767. The molecule has 2 rings (SSSR count). The molecule has 0 spiro atoms. The van der Waals surface area contributed by atoms with Gasteiger partial charge in [-0.05, 0) is 24.6 Å². The molecule has 1 fully saturated rings. The van der Waals surface area contributed by atoms with E-state index in [2.05, 4.69) is 5.32 Å². The largest absolute Gasteiger partial charge is 0.496 e. The summed E-state index contributed by atoms with van der Waals surface area (Å²) in [5.41, 5.74) is 1.30. The molecule has 0 aromatic heterocycles. The van der Waals surface area contributed by atoms with Crippen LogP contribution in [0.3, 0.4) is 0 Å². The van der Waals surface area contributed by atoms with Crippen molar-refractivity contribution in [3.8, 4) is 5.75 Å². The van der Waals surface area contributed by atoms with Gasteiger partial charge >= 0.3 is 0 Å². The van der Waals surface area contributed by atoms with Crippen molar-refractivity contribution in [2.24, 2.45) is 0 Å². The summed E-state index contributed by atoms with van der Waals surface area (Å²) in [4.78, 5) is 35.9.